The summed E-state index contributed by atoms with van der Waals surface area (Å²) >= 11 is 0. The number of hydrogen-bond donors (Lipinski definition) is 0. The highest BCUT2D eigenvalue weighted by Crippen LogP contribution is 2.12. The smallest absolute Gasteiger partial charge is 0.306 e. The van der Waals surface area contributed by atoms with Gasteiger partial charge in [-0.2, -0.15) is 0 Å². The number of carbonyl (C=O) groups is 3. The number of hydrogen-bond acceptors (Lipinski definition) is 6. The van der Waals surface area contributed by atoms with Crippen molar-refractivity contribution in [1.29, 1.82) is 0 Å². The van der Waals surface area contributed by atoms with Crippen molar-refractivity contribution in [3.63, 3.8) is 0 Å². The minimum absolute atomic E-state index is 0.115. The van der Waals surface area contributed by atoms with Gasteiger partial charge in [0.25, 0.3) is 0 Å². The Morgan fingerprint density at radius 2 is 0.804 bits per heavy atom. The number of esters is 3. The Kier molecular flexibility index (Phi) is 41.2. The predicted octanol–water partition coefficient (Wildman–Crippen LogP) is 14.2. The van der Waals surface area contributed by atoms with Crippen LogP contribution in [0.1, 0.15) is 181 Å². The van der Waals surface area contributed by atoms with E-state index in [1.807, 2.05) is 54.7 Å². The fraction of sp³-hybridized carbons (Fsp3) is 0.620. The lowest BCUT2D eigenvalue weighted by atomic mass is 10.1. The molecule has 316 valence electrons. The number of allylic oxidation sites excluding steroid dienone is 16. The molecule has 0 aromatic rings. The van der Waals surface area contributed by atoms with Crippen LogP contribution in [0.4, 0.5) is 0 Å². The predicted molar refractivity (Wildman–Crippen MR) is 237 cm³/mol. The van der Waals surface area contributed by atoms with Gasteiger partial charge >= 0.3 is 17.9 Å². The summed E-state index contributed by atoms with van der Waals surface area (Å²) in [7, 11) is 0. The molecule has 1 atom stereocenters. The van der Waals surface area contributed by atoms with Gasteiger partial charge in [-0.1, -0.05) is 176 Å². The lowest BCUT2D eigenvalue weighted by Crippen LogP contribution is -2.30. The van der Waals surface area contributed by atoms with Crippen LogP contribution in [0.3, 0.4) is 0 Å². The minimum Gasteiger partial charge on any atom is -0.462 e. The fourth-order valence-electron chi connectivity index (χ4n) is 5.62. The Balaban J connectivity index is 4.56. The van der Waals surface area contributed by atoms with Crippen LogP contribution in [0.15, 0.2) is 97.2 Å². The number of carbonyl (C=O) groups excluding carboxylic acids is 3. The van der Waals surface area contributed by atoms with Crippen LogP contribution >= 0.6 is 0 Å². The van der Waals surface area contributed by atoms with Gasteiger partial charge in [-0.15, -0.1) is 0 Å². The van der Waals surface area contributed by atoms with Gasteiger partial charge in [-0.25, -0.2) is 0 Å². The van der Waals surface area contributed by atoms with Crippen molar-refractivity contribution in [2.24, 2.45) is 0 Å². The van der Waals surface area contributed by atoms with Crippen molar-refractivity contribution < 1.29 is 28.6 Å². The average molecular weight is 777 g/mol. The molecule has 1 unspecified atom stereocenters. The normalized spacial score (nSPS) is 13.0. The fourth-order valence-corrected chi connectivity index (χ4v) is 5.62. The van der Waals surface area contributed by atoms with Crippen molar-refractivity contribution in [1.82, 2.24) is 0 Å². The van der Waals surface area contributed by atoms with Crippen molar-refractivity contribution in [2.75, 3.05) is 13.2 Å². The Morgan fingerprint density at radius 3 is 1.38 bits per heavy atom. The SMILES string of the molecule is CC\C=C/C=C\C=C/C=C\C=C/CCCC(=O)OCC(COC(=O)CCCCCCC/C=C\C/C=C\CC)OC(=O)CCCCC/C=C\CCCCCCCC. The van der Waals surface area contributed by atoms with Gasteiger partial charge in [-0.05, 0) is 83.5 Å². The number of unbranched alkanes of at least 4 members (excludes halogenated alkanes) is 15. The van der Waals surface area contributed by atoms with Crippen LogP contribution in [-0.2, 0) is 28.6 Å². The Bertz CT molecular complexity index is 1170. The molecule has 0 bridgehead atoms. The van der Waals surface area contributed by atoms with E-state index in [0.717, 1.165) is 96.3 Å². The minimum atomic E-state index is -0.818. The highest BCUT2D eigenvalue weighted by Gasteiger charge is 2.19. The van der Waals surface area contributed by atoms with E-state index in [2.05, 4.69) is 63.3 Å². The summed E-state index contributed by atoms with van der Waals surface area (Å²) in [6.45, 7) is 6.25. The van der Waals surface area contributed by atoms with Crippen molar-refractivity contribution in [2.45, 2.75) is 187 Å². The lowest BCUT2D eigenvalue weighted by molar-refractivity contribution is -0.167. The van der Waals surface area contributed by atoms with E-state index in [1.165, 1.54) is 38.5 Å². The summed E-state index contributed by atoms with van der Waals surface area (Å²) in [6.07, 6.45) is 56.8. The first-order valence-corrected chi connectivity index (χ1v) is 22.3. The zero-order valence-electron chi connectivity index (χ0n) is 35.9. The van der Waals surface area contributed by atoms with Gasteiger partial charge in [0.1, 0.15) is 13.2 Å². The molecule has 6 heteroatoms. The van der Waals surface area contributed by atoms with Gasteiger partial charge in [0.05, 0.1) is 0 Å². The van der Waals surface area contributed by atoms with Crippen molar-refractivity contribution >= 4 is 17.9 Å². The summed E-state index contributed by atoms with van der Waals surface area (Å²) in [5, 5.41) is 0. The molecule has 0 aliphatic carbocycles. The molecule has 0 aromatic heterocycles. The third-order valence-electron chi connectivity index (χ3n) is 8.93. The first-order valence-electron chi connectivity index (χ1n) is 22.3. The summed E-state index contributed by atoms with van der Waals surface area (Å²) in [5.41, 5.74) is 0. The van der Waals surface area contributed by atoms with Gasteiger partial charge in [0.15, 0.2) is 6.10 Å². The Morgan fingerprint density at radius 1 is 0.393 bits per heavy atom. The standard InChI is InChI=1S/C50H80O6/c1-4-7-10-13-16-19-22-25-28-31-34-37-40-43-49(52)55-46-47(45-54-48(51)42-39-36-33-30-27-24-21-18-15-12-9-6-3)56-50(53)44-41-38-35-32-29-26-23-20-17-14-11-8-5-2/h7,9-10,12-13,16,18-19,21-22,25-26,28-29,31,34,47H,4-6,8,11,14-15,17,20,23-24,27,30,32-33,35-46H2,1-3H3/b10-7-,12-9-,16-13-,21-18-,22-19-,28-25-,29-26-,34-31-. The zero-order chi connectivity index (χ0) is 40.8. The van der Waals surface area contributed by atoms with E-state index in [-0.39, 0.29) is 44.0 Å². The van der Waals surface area contributed by atoms with E-state index < -0.39 is 6.10 Å². The molecule has 0 rings (SSSR count). The highest BCUT2D eigenvalue weighted by atomic mass is 16.6. The Hall–Kier alpha value is -3.67. The number of rotatable bonds is 38. The molecular weight excluding hydrogens is 697 g/mol. The summed E-state index contributed by atoms with van der Waals surface area (Å²) in [6, 6.07) is 0. The first-order chi connectivity index (χ1) is 27.5. The second-order valence-corrected chi connectivity index (χ2v) is 14.3. The van der Waals surface area contributed by atoms with Gasteiger partial charge in [0, 0.05) is 19.3 Å². The summed E-state index contributed by atoms with van der Waals surface area (Å²) in [4.78, 5) is 37.7. The molecule has 0 spiro atoms. The van der Waals surface area contributed by atoms with E-state index in [4.69, 9.17) is 14.2 Å². The molecule has 6 nitrogen and oxygen atoms in total. The van der Waals surface area contributed by atoms with Crippen LogP contribution in [0.5, 0.6) is 0 Å². The van der Waals surface area contributed by atoms with Crippen LogP contribution < -0.4 is 0 Å². The van der Waals surface area contributed by atoms with Crippen LogP contribution in [-0.4, -0.2) is 37.2 Å². The molecule has 0 radical (unpaired) electrons. The molecule has 0 aromatic carbocycles. The van der Waals surface area contributed by atoms with E-state index >= 15 is 0 Å². The molecule has 0 heterocycles. The third-order valence-corrected chi connectivity index (χ3v) is 8.93. The van der Waals surface area contributed by atoms with E-state index in [0.29, 0.717) is 12.8 Å². The molecule has 56 heavy (non-hydrogen) atoms. The second-order valence-electron chi connectivity index (χ2n) is 14.3. The molecular formula is C50H80O6. The van der Waals surface area contributed by atoms with Gasteiger partial charge in [0.2, 0.25) is 0 Å². The van der Waals surface area contributed by atoms with Crippen LogP contribution in [0.2, 0.25) is 0 Å². The largest absolute Gasteiger partial charge is 0.462 e. The zero-order valence-corrected chi connectivity index (χ0v) is 35.9. The van der Waals surface area contributed by atoms with Crippen molar-refractivity contribution in [3.8, 4) is 0 Å². The lowest BCUT2D eigenvalue weighted by Gasteiger charge is -2.18. The van der Waals surface area contributed by atoms with E-state index in [1.54, 1.807) is 0 Å². The molecule has 0 saturated carbocycles. The van der Waals surface area contributed by atoms with Crippen LogP contribution in [0.25, 0.3) is 0 Å². The van der Waals surface area contributed by atoms with Gasteiger partial charge in [-0.3, -0.25) is 14.4 Å². The molecule has 0 fully saturated rings. The maximum absolute atomic E-state index is 12.7. The topological polar surface area (TPSA) is 78.9 Å². The molecule has 0 amide bonds. The highest BCUT2D eigenvalue weighted by molar-refractivity contribution is 5.71. The molecule has 0 saturated heterocycles. The van der Waals surface area contributed by atoms with E-state index in [9.17, 15) is 14.4 Å². The molecule has 0 aliphatic heterocycles. The monoisotopic (exact) mass is 777 g/mol. The summed E-state index contributed by atoms with van der Waals surface area (Å²) in [5.74, 6) is -1.03. The van der Waals surface area contributed by atoms with Crippen molar-refractivity contribution in [3.05, 3.63) is 97.2 Å². The number of ether oxygens (including phenoxy) is 3. The third kappa shape index (κ3) is 41.5. The average Bonchev–Trinajstić information content (AvgIpc) is 3.19. The van der Waals surface area contributed by atoms with Gasteiger partial charge < -0.3 is 14.2 Å². The quantitative estimate of drug-likeness (QED) is 0.0204. The first kappa shape index (κ1) is 52.3. The maximum Gasteiger partial charge on any atom is 0.306 e. The molecule has 0 aliphatic rings. The maximum atomic E-state index is 12.7. The van der Waals surface area contributed by atoms with Crippen LogP contribution in [0, 0.1) is 0 Å². The Labute approximate surface area is 343 Å². The summed E-state index contributed by atoms with van der Waals surface area (Å²) < 4.78 is 16.6. The second kappa shape index (κ2) is 44.0. The molecule has 0 N–H and O–H groups in total.